The topological polar surface area (TPSA) is 88.2 Å². The number of aromatic nitrogens is 1. The summed E-state index contributed by atoms with van der Waals surface area (Å²) in [4.78, 5) is 16.6. The first kappa shape index (κ1) is 13.9. The number of hydrogen-bond donors (Lipinski definition) is 3. The maximum absolute atomic E-state index is 12.5. The fourth-order valence-electron chi connectivity index (χ4n) is 2.42. The number of nitrogens with zero attached hydrogens (tertiary/aromatic N) is 1. The van der Waals surface area contributed by atoms with E-state index >= 15 is 0 Å². The summed E-state index contributed by atoms with van der Waals surface area (Å²) >= 11 is 0. The predicted octanol–water partition coefficient (Wildman–Crippen LogP) is 3.08. The van der Waals surface area contributed by atoms with Crippen LogP contribution in [0.1, 0.15) is 16.1 Å². The molecule has 0 spiro atoms. The van der Waals surface area contributed by atoms with Crippen LogP contribution in [0.3, 0.4) is 0 Å². The Morgan fingerprint density at radius 3 is 2.77 bits per heavy atom. The summed E-state index contributed by atoms with van der Waals surface area (Å²) in [5.41, 5.74) is 8.39. The Hall–Kier alpha value is -3.08. The Morgan fingerprint density at radius 2 is 2.00 bits per heavy atom. The van der Waals surface area contributed by atoms with E-state index in [4.69, 9.17) is 5.73 Å². The molecule has 3 rings (SSSR count). The smallest absolute Gasteiger partial charge is 0.274 e. The lowest BCUT2D eigenvalue weighted by atomic mass is 10.0. The molecule has 0 aliphatic heterocycles. The zero-order valence-corrected chi connectivity index (χ0v) is 12.0. The molecule has 0 saturated heterocycles. The fourth-order valence-corrected chi connectivity index (χ4v) is 2.42. The van der Waals surface area contributed by atoms with Crippen molar-refractivity contribution in [2.45, 2.75) is 6.92 Å². The Morgan fingerprint density at radius 1 is 1.18 bits per heavy atom. The maximum atomic E-state index is 12.5. The van der Waals surface area contributed by atoms with Crippen molar-refractivity contribution in [3.05, 3.63) is 59.9 Å². The molecular weight excluding hydrogens is 278 g/mol. The van der Waals surface area contributed by atoms with Crippen LogP contribution in [0.4, 0.5) is 11.4 Å². The van der Waals surface area contributed by atoms with Gasteiger partial charge in [-0.25, -0.2) is 0 Å². The third-order valence-corrected chi connectivity index (χ3v) is 3.38. The molecule has 3 aromatic rings. The van der Waals surface area contributed by atoms with E-state index < -0.39 is 0 Å². The van der Waals surface area contributed by atoms with E-state index in [1.165, 1.54) is 12.1 Å². The molecule has 0 unspecified atom stereocenters. The fraction of sp³-hybridized carbons (Fsp3) is 0.0588. The van der Waals surface area contributed by atoms with Gasteiger partial charge in [0.1, 0.15) is 11.4 Å². The van der Waals surface area contributed by atoms with Gasteiger partial charge < -0.3 is 16.2 Å². The number of rotatable bonds is 2. The lowest BCUT2D eigenvalue weighted by molar-refractivity contribution is 0.102. The van der Waals surface area contributed by atoms with Crippen LogP contribution in [0, 0.1) is 6.92 Å². The molecule has 0 fully saturated rings. The number of anilines is 2. The van der Waals surface area contributed by atoms with E-state index in [1.54, 1.807) is 24.4 Å². The molecule has 2 aromatic carbocycles. The van der Waals surface area contributed by atoms with Gasteiger partial charge in [-0.15, -0.1) is 0 Å². The van der Waals surface area contributed by atoms with Crippen LogP contribution in [0.2, 0.25) is 0 Å². The number of nitrogen functional groups attached to an aromatic ring is 1. The normalized spacial score (nSPS) is 10.6. The molecule has 4 N–H and O–H groups in total. The summed E-state index contributed by atoms with van der Waals surface area (Å²) in [6, 6.07) is 11.9. The molecule has 22 heavy (non-hydrogen) atoms. The first-order valence-electron chi connectivity index (χ1n) is 6.80. The molecule has 0 aliphatic rings. The van der Waals surface area contributed by atoms with E-state index in [-0.39, 0.29) is 11.7 Å². The number of amides is 1. The van der Waals surface area contributed by atoms with Crippen molar-refractivity contribution >= 4 is 28.1 Å². The molecule has 1 heterocycles. The standard InChI is InChI=1S/C17H15N3O2/c1-10-7-14-13(15(18)8-10)5-6-19-16(14)17(22)20-11-3-2-4-12(21)9-11/h2-9,21H,18H2,1H3,(H,20,22). The lowest BCUT2D eigenvalue weighted by Crippen LogP contribution is -2.14. The number of nitrogens with two attached hydrogens (primary N) is 1. The zero-order chi connectivity index (χ0) is 15.7. The van der Waals surface area contributed by atoms with E-state index in [2.05, 4.69) is 10.3 Å². The Kier molecular flexibility index (Phi) is 3.39. The van der Waals surface area contributed by atoms with Crippen LogP contribution in [0.15, 0.2) is 48.7 Å². The second-order valence-electron chi connectivity index (χ2n) is 5.11. The molecule has 0 radical (unpaired) electrons. The molecule has 0 bridgehead atoms. The van der Waals surface area contributed by atoms with Crippen molar-refractivity contribution in [3.8, 4) is 5.75 Å². The third kappa shape index (κ3) is 2.56. The van der Waals surface area contributed by atoms with Gasteiger partial charge in [-0.1, -0.05) is 6.07 Å². The average molecular weight is 293 g/mol. The van der Waals surface area contributed by atoms with Gasteiger partial charge in [0.2, 0.25) is 0 Å². The second-order valence-corrected chi connectivity index (χ2v) is 5.11. The number of nitrogens with one attached hydrogen (secondary N) is 1. The minimum atomic E-state index is -0.346. The summed E-state index contributed by atoms with van der Waals surface area (Å²) in [5, 5.41) is 13.7. The monoisotopic (exact) mass is 293 g/mol. The van der Waals surface area contributed by atoms with Gasteiger partial charge in [0, 0.05) is 34.4 Å². The van der Waals surface area contributed by atoms with Crippen molar-refractivity contribution in [1.82, 2.24) is 4.98 Å². The van der Waals surface area contributed by atoms with Crippen LogP contribution < -0.4 is 11.1 Å². The van der Waals surface area contributed by atoms with Gasteiger partial charge in [-0.3, -0.25) is 9.78 Å². The minimum Gasteiger partial charge on any atom is -0.508 e. The number of fused-ring (bicyclic) bond motifs is 1. The predicted molar refractivity (Wildman–Crippen MR) is 87.0 cm³/mol. The minimum absolute atomic E-state index is 0.0868. The highest BCUT2D eigenvalue weighted by Crippen LogP contribution is 2.25. The number of pyridine rings is 1. The van der Waals surface area contributed by atoms with E-state index in [1.807, 2.05) is 19.1 Å². The largest absolute Gasteiger partial charge is 0.508 e. The zero-order valence-electron chi connectivity index (χ0n) is 12.0. The van der Waals surface area contributed by atoms with Gasteiger partial charge in [0.15, 0.2) is 0 Å². The number of benzene rings is 2. The summed E-state index contributed by atoms with van der Waals surface area (Å²) in [5.74, 6) is -0.259. The Balaban J connectivity index is 2.04. The Bertz CT molecular complexity index is 875. The average Bonchev–Trinajstić information content (AvgIpc) is 2.46. The molecule has 1 aromatic heterocycles. The van der Waals surface area contributed by atoms with Crippen molar-refractivity contribution in [3.63, 3.8) is 0 Å². The summed E-state index contributed by atoms with van der Waals surface area (Å²) < 4.78 is 0. The second kappa shape index (κ2) is 5.37. The summed E-state index contributed by atoms with van der Waals surface area (Å²) in [6.07, 6.45) is 1.56. The van der Waals surface area contributed by atoms with Gasteiger partial charge in [0.05, 0.1) is 0 Å². The molecular formula is C17H15N3O2. The van der Waals surface area contributed by atoms with Crippen molar-refractivity contribution in [2.24, 2.45) is 0 Å². The number of carbonyl (C=O) groups is 1. The SMILES string of the molecule is Cc1cc(N)c2ccnc(C(=O)Nc3cccc(O)c3)c2c1. The van der Waals surface area contributed by atoms with Crippen LogP contribution >= 0.6 is 0 Å². The maximum Gasteiger partial charge on any atom is 0.274 e. The quantitative estimate of drug-likeness (QED) is 0.633. The van der Waals surface area contributed by atoms with Gasteiger partial charge in [0.25, 0.3) is 5.91 Å². The number of aryl methyl sites for hydroxylation is 1. The summed E-state index contributed by atoms with van der Waals surface area (Å²) in [6.45, 7) is 1.92. The number of phenols is 1. The molecule has 5 nitrogen and oxygen atoms in total. The van der Waals surface area contributed by atoms with Crippen molar-refractivity contribution in [2.75, 3.05) is 11.1 Å². The number of aromatic hydroxyl groups is 1. The van der Waals surface area contributed by atoms with Crippen molar-refractivity contribution in [1.29, 1.82) is 0 Å². The molecule has 0 saturated carbocycles. The first-order valence-corrected chi connectivity index (χ1v) is 6.80. The van der Waals surface area contributed by atoms with Crippen LogP contribution in [0.5, 0.6) is 5.75 Å². The van der Waals surface area contributed by atoms with Crippen molar-refractivity contribution < 1.29 is 9.90 Å². The molecule has 0 aliphatic carbocycles. The van der Waals surface area contributed by atoms with Crippen LogP contribution in [-0.2, 0) is 0 Å². The third-order valence-electron chi connectivity index (χ3n) is 3.38. The van der Waals surface area contributed by atoms with E-state index in [0.717, 1.165) is 10.9 Å². The van der Waals surface area contributed by atoms with Crippen LogP contribution in [0.25, 0.3) is 10.8 Å². The summed E-state index contributed by atoms with van der Waals surface area (Å²) in [7, 11) is 0. The highest BCUT2D eigenvalue weighted by molar-refractivity contribution is 6.13. The van der Waals surface area contributed by atoms with Gasteiger partial charge in [-0.2, -0.15) is 0 Å². The molecule has 0 atom stereocenters. The lowest BCUT2D eigenvalue weighted by Gasteiger charge is -2.09. The molecule has 5 heteroatoms. The van der Waals surface area contributed by atoms with Gasteiger partial charge in [-0.05, 0) is 42.8 Å². The number of phenolic OH excluding ortho intramolecular Hbond substituents is 1. The molecule has 1 amide bonds. The van der Waals surface area contributed by atoms with E-state index in [9.17, 15) is 9.90 Å². The highest BCUT2D eigenvalue weighted by atomic mass is 16.3. The Labute approximate surface area is 127 Å². The van der Waals surface area contributed by atoms with Gasteiger partial charge >= 0.3 is 0 Å². The van der Waals surface area contributed by atoms with Crippen LogP contribution in [-0.4, -0.2) is 16.0 Å². The number of hydrogen-bond acceptors (Lipinski definition) is 4. The highest BCUT2D eigenvalue weighted by Gasteiger charge is 2.13. The number of carbonyl (C=O) groups excluding carboxylic acids is 1. The molecule has 110 valence electrons. The van der Waals surface area contributed by atoms with E-state index in [0.29, 0.717) is 22.5 Å². The first-order chi connectivity index (χ1) is 10.5.